The van der Waals surface area contributed by atoms with Crippen molar-refractivity contribution < 1.29 is 9.90 Å². The normalized spacial score (nSPS) is 10.4. The van der Waals surface area contributed by atoms with Gasteiger partial charge >= 0.3 is 5.97 Å². The highest BCUT2D eigenvalue weighted by Crippen LogP contribution is 2.29. The minimum atomic E-state index is -1.01. The van der Waals surface area contributed by atoms with Gasteiger partial charge in [-0.25, -0.2) is 4.79 Å². The van der Waals surface area contributed by atoms with Crippen LogP contribution in [0, 0.1) is 0 Å². The Balaban J connectivity index is 2.37. The molecular weight excluding hydrogens is 286 g/mol. The number of carboxylic acid groups (broad SMARTS) is 1. The molecule has 110 valence electrons. The Kier molecular flexibility index (Phi) is 5.23. The van der Waals surface area contributed by atoms with Crippen molar-refractivity contribution in [1.82, 2.24) is 0 Å². The van der Waals surface area contributed by atoms with Gasteiger partial charge in [0, 0.05) is 17.9 Å². The van der Waals surface area contributed by atoms with Gasteiger partial charge in [0.05, 0.1) is 10.6 Å². The summed E-state index contributed by atoms with van der Waals surface area (Å²) in [5.41, 5.74) is 2.11. The number of hydrogen-bond acceptors (Lipinski definition) is 2. The van der Waals surface area contributed by atoms with Crippen molar-refractivity contribution in [2.45, 2.75) is 19.8 Å². The third-order valence-electron chi connectivity index (χ3n) is 3.30. The van der Waals surface area contributed by atoms with E-state index in [1.165, 1.54) is 0 Å². The fourth-order valence-electron chi connectivity index (χ4n) is 2.18. The second-order valence-electron chi connectivity index (χ2n) is 4.81. The van der Waals surface area contributed by atoms with Crippen LogP contribution in [-0.4, -0.2) is 17.6 Å². The first-order valence-electron chi connectivity index (χ1n) is 6.99. The fraction of sp³-hybridized carbons (Fsp3) is 0.235. The van der Waals surface area contributed by atoms with Crippen LogP contribution in [0.25, 0.3) is 0 Å². The zero-order valence-corrected chi connectivity index (χ0v) is 12.7. The topological polar surface area (TPSA) is 40.5 Å². The average molecular weight is 304 g/mol. The van der Waals surface area contributed by atoms with Crippen molar-refractivity contribution in [2.24, 2.45) is 0 Å². The largest absolute Gasteiger partial charge is 0.478 e. The molecule has 0 aliphatic carbocycles. The van der Waals surface area contributed by atoms with Crippen LogP contribution >= 0.6 is 11.6 Å². The molecule has 0 atom stereocenters. The number of nitrogens with zero attached hydrogens (tertiary/aromatic N) is 1. The number of halogens is 1. The van der Waals surface area contributed by atoms with Gasteiger partial charge < -0.3 is 10.0 Å². The van der Waals surface area contributed by atoms with E-state index in [2.05, 4.69) is 11.8 Å². The second kappa shape index (κ2) is 7.14. The van der Waals surface area contributed by atoms with Crippen molar-refractivity contribution >= 4 is 28.9 Å². The molecule has 3 nitrogen and oxygen atoms in total. The minimum absolute atomic E-state index is 0.129. The summed E-state index contributed by atoms with van der Waals surface area (Å²) in [6, 6.07) is 15.1. The van der Waals surface area contributed by atoms with Crippen molar-refractivity contribution in [1.29, 1.82) is 0 Å². The lowest BCUT2D eigenvalue weighted by atomic mass is 10.1. The summed E-state index contributed by atoms with van der Waals surface area (Å²) in [6.07, 6.45) is 2.14. The van der Waals surface area contributed by atoms with Gasteiger partial charge in [0.15, 0.2) is 0 Å². The zero-order chi connectivity index (χ0) is 15.2. The summed E-state index contributed by atoms with van der Waals surface area (Å²) in [4.78, 5) is 13.2. The highest BCUT2D eigenvalue weighted by atomic mass is 35.5. The lowest BCUT2D eigenvalue weighted by molar-refractivity contribution is 0.0697. The molecule has 0 saturated heterocycles. The van der Waals surface area contributed by atoms with Crippen LogP contribution in [0.4, 0.5) is 11.4 Å². The van der Waals surface area contributed by atoms with Crippen LogP contribution in [0.1, 0.15) is 30.1 Å². The highest BCUT2D eigenvalue weighted by Gasteiger charge is 2.13. The molecule has 21 heavy (non-hydrogen) atoms. The number of hydrogen-bond donors (Lipinski definition) is 1. The molecule has 4 heteroatoms. The molecule has 0 aliphatic rings. The molecule has 2 rings (SSSR count). The first-order chi connectivity index (χ1) is 10.1. The maximum Gasteiger partial charge on any atom is 0.337 e. The molecule has 0 radical (unpaired) electrons. The Bertz CT molecular complexity index is 613. The van der Waals surface area contributed by atoms with Gasteiger partial charge in [-0.3, -0.25) is 0 Å². The summed E-state index contributed by atoms with van der Waals surface area (Å²) in [6.45, 7) is 3.01. The number of carbonyl (C=O) groups is 1. The van der Waals surface area contributed by atoms with Crippen LogP contribution < -0.4 is 4.90 Å². The Hall–Kier alpha value is -2.00. The first kappa shape index (κ1) is 15.4. The lowest BCUT2D eigenvalue weighted by Gasteiger charge is -2.25. The molecule has 0 spiro atoms. The van der Waals surface area contributed by atoms with Crippen molar-refractivity contribution in [3.8, 4) is 0 Å². The fourth-order valence-corrected chi connectivity index (χ4v) is 2.43. The van der Waals surface area contributed by atoms with Crippen molar-refractivity contribution in [3.63, 3.8) is 0 Å². The minimum Gasteiger partial charge on any atom is -0.478 e. The van der Waals surface area contributed by atoms with Gasteiger partial charge in [-0.2, -0.15) is 0 Å². The molecule has 2 aromatic rings. The molecular formula is C17H18ClNO2. The highest BCUT2D eigenvalue weighted by molar-refractivity contribution is 6.33. The lowest BCUT2D eigenvalue weighted by Crippen LogP contribution is -2.18. The number of anilines is 2. The van der Waals surface area contributed by atoms with Gasteiger partial charge in [-0.1, -0.05) is 43.1 Å². The SMILES string of the molecule is CCCCN(c1ccccc1)c1ccc(C(=O)O)c(Cl)c1. The van der Waals surface area contributed by atoms with E-state index >= 15 is 0 Å². The molecule has 2 aromatic carbocycles. The molecule has 0 bridgehead atoms. The molecule has 0 amide bonds. The molecule has 0 aliphatic heterocycles. The zero-order valence-electron chi connectivity index (χ0n) is 11.9. The van der Waals surface area contributed by atoms with E-state index in [-0.39, 0.29) is 10.6 Å². The van der Waals surface area contributed by atoms with Gasteiger partial charge in [-0.05, 0) is 36.8 Å². The average Bonchev–Trinajstić information content (AvgIpc) is 2.48. The molecule has 0 saturated carbocycles. The Morgan fingerprint density at radius 3 is 2.43 bits per heavy atom. The maximum atomic E-state index is 11.0. The monoisotopic (exact) mass is 303 g/mol. The first-order valence-corrected chi connectivity index (χ1v) is 7.36. The number of carboxylic acids is 1. The number of unbranched alkanes of at least 4 members (excludes halogenated alkanes) is 1. The standard InChI is InChI=1S/C17H18ClNO2/c1-2-3-11-19(13-7-5-4-6-8-13)14-9-10-15(17(20)21)16(18)12-14/h4-10,12H,2-3,11H2,1H3,(H,20,21). The van der Waals surface area contributed by atoms with Crippen molar-refractivity contribution in [3.05, 3.63) is 59.1 Å². The maximum absolute atomic E-state index is 11.0. The summed E-state index contributed by atoms with van der Waals surface area (Å²) in [7, 11) is 0. The third-order valence-corrected chi connectivity index (χ3v) is 3.61. The van der Waals surface area contributed by atoms with Crippen molar-refractivity contribution in [2.75, 3.05) is 11.4 Å². The van der Waals surface area contributed by atoms with E-state index in [0.717, 1.165) is 30.8 Å². The second-order valence-corrected chi connectivity index (χ2v) is 5.22. The number of benzene rings is 2. The van der Waals surface area contributed by atoms with E-state index in [9.17, 15) is 4.79 Å². The predicted molar refractivity (Wildman–Crippen MR) is 86.8 cm³/mol. The molecule has 0 heterocycles. The smallest absolute Gasteiger partial charge is 0.337 e. The molecule has 1 N–H and O–H groups in total. The van der Waals surface area contributed by atoms with Crippen LogP contribution in [-0.2, 0) is 0 Å². The van der Waals surface area contributed by atoms with E-state index in [1.54, 1.807) is 18.2 Å². The molecule has 0 fully saturated rings. The van der Waals surface area contributed by atoms with Crippen LogP contribution in [0.5, 0.6) is 0 Å². The van der Waals surface area contributed by atoms with E-state index in [4.69, 9.17) is 16.7 Å². The predicted octanol–water partition coefficient (Wildman–Crippen LogP) is 4.98. The summed E-state index contributed by atoms with van der Waals surface area (Å²) >= 11 is 6.08. The van der Waals surface area contributed by atoms with Gasteiger partial charge in [0.25, 0.3) is 0 Å². The van der Waals surface area contributed by atoms with Gasteiger partial charge in [0.1, 0.15) is 0 Å². The van der Waals surface area contributed by atoms with E-state index in [0.29, 0.717) is 0 Å². The van der Waals surface area contributed by atoms with Crippen LogP contribution in [0.3, 0.4) is 0 Å². The molecule has 0 aromatic heterocycles. The summed E-state index contributed by atoms with van der Waals surface area (Å²) < 4.78 is 0. The van der Waals surface area contributed by atoms with Gasteiger partial charge in [0.2, 0.25) is 0 Å². The third kappa shape index (κ3) is 3.76. The number of rotatable bonds is 6. The van der Waals surface area contributed by atoms with Crippen LogP contribution in [0.15, 0.2) is 48.5 Å². The number of para-hydroxylation sites is 1. The Labute approximate surface area is 129 Å². The van der Waals surface area contributed by atoms with E-state index < -0.39 is 5.97 Å². The Morgan fingerprint density at radius 2 is 1.86 bits per heavy atom. The number of aromatic carboxylic acids is 1. The summed E-state index contributed by atoms with van der Waals surface area (Å²) in [5, 5.41) is 9.32. The van der Waals surface area contributed by atoms with Gasteiger partial charge in [-0.15, -0.1) is 0 Å². The van der Waals surface area contributed by atoms with E-state index in [1.807, 2.05) is 30.3 Å². The van der Waals surface area contributed by atoms with Crippen LogP contribution in [0.2, 0.25) is 5.02 Å². The Morgan fingerprint density at radius 1 is 1.14 bits per heavy atom. The summed E-state index contributed by atoms with van der Waals surface area (Å²) in [5.74, 6) is -1.01. The quantitative estimate of drug-likeness (QED) is 0.818. The molecule has 0 unspecified atom stereocenters.